The van der Waals surface area contributed by atoms with Gasteiger partial charge in [0, 0.05) is 18.7 Å². The number of halogens is 3. The Hall–Kier alpha value is -1.54. The van der Waals surface area contributed by atoms with Crippen LogP contribution in [0.5, 0.6) is 0 Å². The van der Waals surface area contributed by atoms with Crippen LogP contribution in [0.25, 0.3) is 0 Å². The van der Waals surface area contributed by atoms with E-state index in [9.17, 15) is 18.9 Å². The van der Waals surface area contributed by atoms with Crippen molar-refractivity contribution in [3.8, 4) is 0 Å². The summed E-state index contributed by atoms with van der Waals surface area (Å²) in [6.07, 6.45) is 0. The average molecular weight is 349 g/mol. The summed E-state index contributed by atoms with van der Waals surface area (Å²) >= 11 is 4.76. The van der Waals surface area contributed by atoms with E-state index >= 15 is 0 Å². The standard InChI is InChI=1S/C11H7BrF2N2O2S/c12-11-1-6(5-19-11)4-15-9-3-10(16(17)18)8(14)2-7(9)13/h1-3,5,15H,4H2. The fraction of sp³-hybridized carbons (Fsp3) is 0.0909. The minimum atomic E-state index is -1.19. The lowest BCUT2D eigenvalue weighted by atomic mass is 10.2. The minimum absolute atomic E-state index is 0.101. The van der Waals surface area contributed by atoms with Gasteiger partial charge in [0.1, 0.15) is 5.82 Å². The van der Waals surface area contributed by atoms with Crippen molar-refractivity contribution in [2.45, 2.75) is 6.54 Å². The molecule has 0 aliphatic heterocycles. The van der Waals surface area contributed by atoms with Crippen molar-refractivity contribution in [2.75, 3.05) is 5.32 Å². The number of nitrogens with zero attached hydrogens (tertiary/aromatic N) is 1. The van der Waals surface area contributed by atoms with Crippen molar-refractivity contribution in [3.05, 3.63) is 54.7 Å². The number of nitro benzene ring substituents is 1. The molecule has 1 heterocycles. The molecule has 0 saturated carbocycles. The highest BCUT2D eigenvalue weighted by molar-refractivity contribution is 9.11. The van der Waals surface area contributed by atoms with E-state index < -0.39 is 22.2 Å². The number of hydrogen-bond acceptors (Lipinski definition) is 4. The van der Waals surface area contributed by atoms with Gasteiger partial charge in [-0.1, -0.05) is 0 Å². The Morgan fingerprint density at radius 3 is 2.63 bits per heavy atom. The molecule has 19 heavy (non-hydrogen) atoms. The van der Waals surface area contributed by atoms with E-state index in [1.165, 1.54) is 11.3 Å². The molecule has 2 aromatic rings. The molecule has 0 atom stereocenters. The first-order valence-corrected chi connectivity index (χ1v) is 6.75. The summed E-state index contributed by atoms with van der Waals surface area (Å²) in [5.41, 5.74) is 0.0362. The molecule has 0 bridgehead atoms. The van der Waals surface area contributed by atoms with Crippen LogP contribution in [0, 0.1) is 21.7 Å². The van der Waals surface area contributed by atoms with Crippen molar-refractivity contribution in [3.63, 3.8) is 0 Å². The largest absolute Gasteiger partial charge is 0.378 e. The van der Waals surface area contributed by atoms with Crippen molar-refractivity contribution >= 4 is 38.6 Å². The van der Waals surface area contributed by atoms with Crippen molar-refractivity contribution in [1.82, 2.24) is 0 Å². The number of thiophene rings is 1. The highest BCUT2D eigenvalue weighted by Gasteiger charge is 2.18. The number of benzene rings is 1. The van der Waals surface area contributed by atoms with Crippen LogP contribution in [0.1, 0.15) is 5.56 Å². The predicted molar refractivity (Wildman–Crippen MR) is 72.4 cm³/mol. The number of rotatable bonds is 4. The van der Waals surface area contributed by atoms with Crippen LogP contribution in [0.3, 0.4) is 0 Å². The summed E-state index contributed by atoms with van der Waals surface area (Å²) < 4.78 is 27.5. The number of anilines is 1. The molecule has 0 fully saturated rings. The van der Waals surface area contributed by atoms with E-state index in [1.54, 1.807) is 0 Å². The first-order chi connectivity index (χ1) is 8.97. The summed E-state index contributed by atoms with van der Waals surface area (Å²) in [4.78, 5) is 9.69. The van der Waals surface area contributed by atoms with Gasteiger partial charge >= 0.3 is 5.69 Å². The van der Waals surface area contributed by atoms with Crippen LogP contribution >= 0.6 is 27.3 Å². The van der Waals surface area contributed by atoms with Gasteiger partial charge in [-0.3, -0.25) is 10.1 Å². The van der Waals surface area contributed by atoms with Gasteiger partial charge < -0.3 is 5.32 Å². The second kappa shape index (κ2) is 5.62. The maximum atomic E-state index is 13.5. The van der Waals surface area contributed by atoms with E-state index in [0.717, 1.165) is 15.4 Å². The summed E-state index contributed by atoms with van der Waals surface area (Å²) in [6, 6.07) is 3.20. The van der Waals surface area contributed by atoms with E-state index in [2.05, 4.69) is 21.2 Å². The molecule has 2 rings (SSSR count). The third-order valence-electron chi connectivity index (χ3n) is 2.34. The molecule has 4 nitrogen and oxygen atoms in total. The molecule has 0 unspecified atom stereocenters. The van der Waals surface area contributed by atoms with Crippen molar-refractivity contribution in [1.29, 1.82) is 0 Å². The highest BCUT2D eigenvalue weighted by Crippen LogP contribution is 2.26. The zero-order chi connectivity index (χ0) is 14.0. The van der Waals surface area contributed by atoms with Gasteiger partial charge in [-0.2, -0.15) is 4.39 Å². The van der Waals surface area contributed by atoms with Crippen molar-refractivity contribution in [2.24, 2.45) is 0 Å². The Balaban J connectivity index is 2.20. The Morgan fingerprint density at radius 2 is 2.05 bits per heavy atom. The summed E-state index contributed by atoms with van der Waals surface area (Å²) in [7, 11) is 0. The molecule has 0 aliphatic rings. The molecule has 0 aliphatic carbocycles. The maximum absolute atomic E-state index is 13.5. The van der Waals surface area contributed by atoms with E-state index in [0.29, 0.717) is 12.6 Å². The lowest BCUT2D eigenvalue weighted by Crippen LogP contribution is -2.03. The molecule has 0 saturated heterocycles. The lowest BCUT2D eigenvalue weighted by molar-refractivity contribution is -0.387. The minimum Gasteiger partial charge on any atom is -0.378 e. The molecule has 8 heteroatoms. The van der Waals surface area contributed by atoms with E-state index in [1.807, 2.05) is 11.4 Å². The first kappa shape index (κ1) is 13.9. The second-order valence-corrected chi connectivity index (χ2v) is 5.94. The van der Waals surface area contributed by atoms with Crippen molar-refractivity contribution < 1.29 is 13.7 Å². The average Bonchev–Trinajstić information content (AvgIpc) is 2.73. The van der Waals surface area contributed by atoms with Gasteiger partial charge in [0.05, 0.1) is 14.4 Å². The fourth-order valence-corrected chi connectivity index (χ4v) is 2.66. The third-order valence-corrected chi connectivity index (χ3v) is 3.89. The Labute approximate surface area is 119 Å². The second-order valence-electron chi connectivity index (χ2n) is 3.65. The van der Waals surface area contributed by atoms with Gasteiger partial charge in [-0.05, 0) is 32.9 Å². The molecule has 1 aromatic heterocycles. The quantitative estimate of drug-likeness (QED) is 0.661. The Morgan fingerprint density at radius 1 is 1.32 bits per heavy atom. The highest BCUT2D eigenvalue weighted by atomic mass is 79.9. The summed E-state index contributed by atoms with van der Waals surface area (Å²) in [6.45, 7) is 0.293. The molecule has 0 amide bonds. The van der Waals surface area contributed by atoms with Crippen LogP contribution in [0.2, 0.25) is 0 Å². The molecule has 100 valence electrons. The topological polar surface area (TPSA) is 55.2 Å². The van der Waals surface area contributed by atoms with Crippen LogP contribution in [-0.2, 0) is 6.54 Å². The van der Waals surface area contributed by atoms with Crippen LogP contribution < -0.4 is 5.32 Å². The summed E-state index contributed by atoms with van der Waals surface area (Å²) in [5.74, 6) is -2.05. The summed E-state index contributed by atoms with van der Waals surface area (Å²) in [5, 5.41) is 15.1. The number of nitro groups is 1. The normalized spacial score (nSPS) is 10.5. The third kappa shape index (κ3) is 3.27. The van der Waals surface area contributed by atoms with Gasteiger partial charge in [-0.15, -0.1) is 11.3 Å². The molecular formula is C11H7BrF2N2O2S. The fourth-order valence-electron chi connectivity index (χ4n) is 1.45. The molecule has 0 radical (unpaired) electrons. The molecule has 0 spiro atoms. The van der Waals surface area contributed by atoms with Gasteiger partial charge in [0.2, 0.25) is 5.82 Å². The molecule has 1 aromatic carbocycles. The molecular weight excluding hydrogens is 342 g/mol. The monoisotopic (exact) mass is 348 g/mol. The van der Waals surface area contributed by atoms with Gasteiger partial charge in [0.25, 0.3) is 0 Å². The van der Waals surface area contributed by atoms with Crippen LogP contribution in [0.15, 0.2) is 27.4 Å². The predicted octanol–water partition coefficient (Wildman–Crippen LogP) is 4.31. The SMILES string of the molecule is O=[N+]([O-])c1cc(NCc2csc(Br)c2)c(F)cc1F. The smallest absolute Gasteiger partial charge is 0.307 e. The first-order valence-electron chi connectivity index (χ1n) is 5.07. The number of hydrogen-bond donors (Lipinski definition) is 1. The zero-order valence-electron chi connectivity index (χ0n) is 9.32. The lowest BCUT2D eigenvalue weighted by Gasteiger charge is -2.06. The van der Waals surface area contributed by atoms with E-state index in [-0.39, 0.29) is 5.69 Å². The zero-order valence-corrected chi connectivity index (χ0v) is 11.7. The molecule has 1 N–H and O–H groups in total. The van der Waals surface area contributed by atoms with Gasteiger partial charge in [-0.25, -0.2) is 4.39 Å². The van der Waals surface area contributed by atoms with Gasteiger partial charge in [0.15, 0.2) is 0 Å². The Kier molecular flexibility index (Phi) is 4.11. The Bertz CT molecular complexity index is 633. The van der Waals surface area contributed by atoms with Crippen LogP contribution in [0.4, 0.5) is 20.2 Å². The van der Waals surface area contributed by atoms with Crippen LogP contribution in [-0.4, -0.2) is 4.92 Å². The number of nitrogens with one attached hydrogen (secondary N) is 1. The maximum Gasteiger partial charge on any atom is 0.307 e. The van der Waals surface area contributed by atoms with E-state index in [4.69, 9.17) is 0 Å².